The largest absolute Gasteiger partial charge is 0.475 e. The zero-order valence-corrected chi connectivity index (χ0v) is 9.74. The number of pyridine rings is 1. The van der Waals surface area contributed by atoms with Gasteiger partial charge in [0, 0.05) is 12.3 Å². The van der Waals surface area contributed by atoms with Crippen LogP contribution in [0.25, 0.3) is 0 Å². The van der Waals surface area contributed by atoms with Crippen LogP contribution < -0.4 is 4.74 Å². The van der Waals surface area contributed by atoms with Gasteiger partial charge in [-0.2, -0.15) is 13.2 Å². The van der Waals surface area contributed by atoms with Gasteiger partial charge in [0.2, 0.25) is 5.88 Å². The maximum Gasteiger partial charge on any atom is 0.392 e. The number of alkyl halides is 3. The van der Waals surface area contributed by atoms with Gasteiger partial charge in [0.25, 0.3) is 0 Å². The second kappa shape index (κ2) is 5.53. The van der Waals surface area contributed by atoms with Crippen LogP contribution in [-0.4, -0.2) is 34.6 Å². The molecule has 4 nitrogen and oxygen atoms in total. The van der Waals surface area contributed by atoms with E-state index in [1.807, 2.05) is 0 Å². The van der Waals surface area contributed by atoms with Crippen molar-refractivity contribution in [3.63, 3.8) is 0 Å². The van der Waals surface area contributed by atoms with Crippen LogP contribution in [0, 0.1) is 0 Å². The molecule has 0 aromatic carbocycles. The highest BCUT2D eigenvalue weighted by molar-refractivity contribution is 5.25. The van der Waals surface area contributed by atoms with Crippen LogP contribution in [0.4, 0.5) is 13.2 Å². The molecule has 0 aliphatic carbocycles. The minimum Gasteiger partial charge on any atom is -0.475 e. The molecule has 0 amide bonds. The van der Waals surface area contributed by atoms with E-state index < -0.39 is 18.2 Å². The van der Waals surface area contributed by atoms with Gasteiger partial charge in [0.15, 0.2) is 0 Å². The molecule has 1 aromatic rings. The molecule has 0 bridgehead atoms. The van der Waals surface area contributed by atoms with E-state index in [2.05, 4.69) is 4.98 Å². The van der Waals surface area contributed by atoms with Gasteiger partial charge in [-0.15, -0.1) is 0 Å². The van der Waals surface area contributed by atoms with Crippen molar-refractivity contribution in [1.29, 1.82) is 0 Å². The average molecular weight is 265 g/mol. The molecule has 7 heteroatoms. The zero-order chi connectivity index (χ0) is 13.8. The molecule has 1 rings (SSSR count). The lowest BCUT2D eigenvalue weighted by Crippen LogP contribution is -2.29. The van der Waals surface area contributed by atoms with Crippen LogP contribution in [0.2, 0.25) is 0 Å². The summed E-state index contributed by atoms with van der Waals surface area (Å²) in [5.74, 6) is 0.0593. The summed E-state index contributed by atoms with van der Waals surface area (Å²) >= 11 is 0. The number of aromatic nitrogens is 1. The summed E-state index contributed by atoms with van der Waals surface area (Å²) in [5.41, 5.74) is -1.99. The molecular weight excluding hydrogens is 251 g/mol. The van der Waals surface area contributed by atoms with Crippen LogP contribution in [-0.2, 0) is 5.60 Å². The first-order valence-electron chi connectivity index (χ1n) is 5.24. The van der Waals surface area contributed by atoms with E-state index in [1.165, 1.54) is 18.3 Å². The number of hydrogen-bond donors (Lipinski definition) is 2. The van der Waals surface area contributed by atoms with E-state index in [9.17, 15) is 18.3 Å². The summed E-state index contributed by atoms with van der Waals surface area (Å²) in [5, 5.41) is 18.4. The molecule has 0 spiro atoms. The molecule has 1 heterocycles. The van der Waals surface area contributed by atoms with Crippen molar-refractivity contribution < 1.29 is 28.1 Å². The highest BCUT2D eigenvalue weighted by atomic mass is 19.4. The number of rotatable bonds is 5. The Morgan fingerprint density at radius 3 is 2.61 bits per heavy atom. The Balaban J connectivity index is 2.87. The quantitative estimate of drug-likeness (QED) is 0.849. The summed E-state index contributed by atoms with van der Waals surface area (Å²) in [6, 6.07) is 2.51. The van der Waals surface area contributed by atoms with Crippen molar-refractivity contribution in [2.45, 2.75) is 25.1 Å². The molecule has 0 aliphatic rings. The SMILES string of the molecule is CC(O)(CC(F)(F)F)c1ccnc(OCCO)c1. The molecule has 0 fully saturated rings. The second-order valence-electron chi connectivity index (χ2n) is 4.02. The lowest BCUT2D eigenvalue weighted by Gasteiger charge is -2.25. The third-order valence-electron chi connectivity index (χ3n) is 2.24. The van der Waals surface area contributed by atoms with Crippen molar-refractivity contribution in [2.75, 3.05) is 13.2 Å². The van der Waals surface area contributed by atoms with Crippen molar-refractivity contribution in [1.82, 2.24) is 4.98 Å². The monoisotopic (exact) mass is 265 g/mol. The summed E-state index contributed by atoms with van der Waals surface area (Å²) in [4.78, 5) is 3.76. The van der Waals surface area contributed by atoms with Crippen LogP contribution >= 0.6 is 0 Å². The number of halogens is 3. The molecule has 1 atom stereocenters. The predicted octanol–water partition coefficient (Wildman–Crippen LogP) is 1.61. The van der Waals surface area contributed by atoms with Crippen LogP contribution in [0.5, 0.6) is 5.88 Å². The number of nitrogens with zero attached hydrogens (tertiary/aromatic N) is 1. The highest BCUT2D eigenvalue weighted by Crippen LogP contribution is 2.34. The van der Waals surface area contributed by atoms with Gasteiger partial charge in [-0.1, -0.05) is 0 Å². The number of ether oxygens (including phenoxy) is 1. The zero-order valence-electron chi connectivity index (χ0n) is 9.74. The Hall–Kier alpha value is -1.34. The fourth-order valence-corrected chi connectivity index (χ4v) is 1.47. The lowest BCUT2D eigenvalue weighted by molar-refractivity contribution is -0.174. The Morgan fingerprint density at radius 2 is 2.06 bits per heavy atom. The Morgan fingerprint density at radius 1 is 1.39 bits per heavy atom. The van der Waals surface area contributed by atoms with E-state index >= 15 is 0 Å². The first kappa shape index (κ1) is 14.7. The third kappa shape index (κ3) is 4.50. The van der Waals surface area contributed by atoms with Gasteiger partial charge in [-0.3, -0.25) is 0 Å². The molecule has 2 N–H and O–H groups in total. The van der Waals surface area contributed by atoms with Crippen molar-refractivity contribution >= 4 is 0 Å². The van der Waals surface area contributed by atoms with Gasteiger partial charge < -0.3 is 14.9 Å². The second-order valence-corrected chi connectivity index (χ2v) is 4.02. The fourth-order valence-electron chi connectivity index (χ4n) is 1.47. The van der Waals surface area contributed by atoms with Gasteiger partial charge in [-0.05, 0) is 18.6 Å². The fraction of sp³-hybridized carbons (Fsp3) is 0.545. The molecule has 0 saturated carbocycles. The maximum absolute atomic E-state index is 12.3. The van der Waals surface area contributed by atoms with Gasteiger partial charge >= 0.3 is 6.18 Å². The molecule has 1 aromatic heterocycles. The van der Waals surface area contributed by atoms with Gasteiger partial charge in [-0.25, -0.2) is 4.98 Å². The standard InChI is InChI=1S/C11H14F3NO3/c1-10(17,7-11(12,13)14)8-2-3-15-9(6-8)18-5-4-16/h2-3,6,16-17H,4-5,7H2,1H3. The molecular formula is C11H14F3NO3. The smallest absolute Gasteiger partial charge is 0.392 e. The molecule has 0 radical (unpaired) electrons. The van der Waals surface area contributed by atoms with Gasteiger partial charge in [0.05, 0.1) is 18.6 Å². The number of aliphatic hydroxyl groups excluding tert-OH is 1. The van der Waals surface area contributed by atoms with Crippen LogP contribution in [0.15, 0.2) is 18.3 Å². The summed E-state index contributed by atoms with van der Waals surface area (Å²) in [6.07, 6.45) is -4.59. The van der Waals surface area contributed by atoms with Crippen LogP contribution in [0.3, 0.4) is 0 Å². The third-order valence-corrected chi connectivity index (χ3v) is 2.24. The van der Waals surface area contributed by atoms with Crippen LogP contribution in [0.1, 0.15) is 18.9 Å². The van der Waals surface area contributed by atoms with Crippen molar-refractivity contribution in [3.8, 4) is 5.88 Å². The van der Waals surface area contributed by atoms with E-state index in [1.54, 1.807) is 0 Å². The average Bonchev–Trinajstić information content (AvgIpc) is 2.23. The molecule has 18 heavy (non-hydrogen) atoms. The highest BCUT2D eigenvalue weighted by Gasteiger charge is 2.39. The Bertz CT molecular complexity index is 393. The minimum absolute atomic E-state index is 0.0160. The number of hydrogen-bond acceptors (Lipinski definition) is 4. The first-order chi connectivity index (χ1) is 8.24. The van der Waals surface area contributed by atoms with E-state index in [4.69, 9.17) is 9.84 Å². The first-order valence-corrected chi connectivity index (χ1v) is 5.24. The molecule has 1 unspecified atom stereocenters. The summed E-state index contributed by atoms with van der Waals surface area (Å²) in [6.45, 7) is 0.828. The minimum atomic E-state index is -4.47. The molecule has 0 aliphatic heterocycles. The molecule has 0 saturated heterocycles. The van der Waals surface area contributed by atoms with Crippen molar-refractivity contribution in [3.05, 3.63) is 23.9 Å². The van der Waals surface area contributed by atoms with E-state index in [-0.39, 0.29) is 24.7 Å². The topological polar surface area (TPSA) is 62.6 Å². The Kier molecular flexibility index (Phi) is 4.53. The van der Waals surface area contributed by atoms with E-state index in [0.717, 1.165) is 6.92 Å². The lowest BCUT2D eigenvalue weighted by atomic mass is 9.93. The maximum atomic E-state index is 12.3. The molecule has 102 valence electrons. The number of aliphatic hydroxyl groups is 2. The summed E-state index contributed by atoms with van der Waals surface area (Å²) < 4.78 is 41.9. The van der Waals surface area contributed by atoms with Gasteiger partial charge in [0.1, 0.15) is 6.61 Å². The Labute approximate surface area is 102 Å². The predicted molar refractivity (Wildman–Crippen MR) is 57.1 cm³/mol. The van der Waals surface area contributed by atoms with Crippen molar-refractivity contribution in [2.24, 2.45) is 0 Å². The normalized spacial score (nSPS) is 15.2. The summed E-state index contributed by atoms with van der Waals surface area (Å²) in [7, 11) is 0. The van der Waals surface area contributed by atoms with E-state index in [0.29, 0.717) is 0 Å².